The molecule has 0 atom stereocenters. The quantitative estimate of drug-likeness (QED) is 0.852. The zero-order valence-electron chi connectivity index (χ0n) is 13.0. The van der Waals surface area contributed by atoms with E-state index < -0.39 is 21.8 Å². The number of benzene rings is 2. The molecule has 25 heavy (non-hydrogen) atoms. The molecule has 0 aliphatic carbocycles. The van der Waals surface area contributed by atoms with Crippen LogP contribution in [0.1, 0.15) is 11.1 Å². The summed E-state index contributed by atoms with van der Waals surface area (Å²) >= 11 is 0. The lowest BCUT2D eigenvalue weighted by Crippen LogP contribution is -2.34. The molecule has 0 unspecified atom stereocenters. The number of para-hydroxylation sites is 1. The van der Waals surface area contributed by atoms with Crippen LogP contribution in [-0.4, -0.2) is 21.5 Å². The van der Waals surface area contributed by atoms with Gasteiger partial charge in [0.05, 0.1) is 16.1 Å². The third kappa shape index (κ3) is 3.91. The van der Waals surface area contributed by atoms with E-state index in [1.165, 1.54) is 4.31 Å². The van der Waals surface area contributed by atoms with Crippen molar-refractivity contribution in [2.75, 3.05) is 17.4 Å². The second-order valence-electron chi connectivity index (χ2n) is 5.40. The summed E-state index contributed by atoms with van der Waals surface area (Å²) in [7, 11) is -3.94. The van der Waals surface area contributed by atoms with Crippen LogP contribution in [0.2, 0.25) is 0 Å². The minimum absolute atomic E-state index is 0. The van der Waals surface area contributed by atoms with E-state index in [-0.39, 0.29) is 23.8 Å². The highest BCUT2D eigenvalue weighted by Crippen LogP contribution is 2.32. The van der Waals surface area contributed by atoms with E-state index in [4.69, 9.17) is 0 Å². The number of anilines is 1. The molecule has 0 bridgehead atoms. The molecule has 1 aliphatic rings. The second kappa shape index (κ2) is 7.23. The smallest absolute Gasteiger partial charge is 0.311 e. The number of halogens is 4. The summed E-state index contributed by atoms with van der Waals surface area (Å²) in [5.41, 5.74) is 0.493. The van der Waals surface area contributed by atoms with Gasteiger partial charge in [-0.25, -0.2) is 8.42 Å². The van der Waals surface area contributed by atoms with Crippen molar-refractivity contribution in [2.24, 2.45) is 0 Å². The lowest BCUT2D eigenvalue weighted by molar-refractivity contribution is -0.137. The molecule has 1 aliphatic heterocycles. The van der Waals surface area contributed by atoms with E-state index in [2.05, 4.69) is 5.32 Å². The van der Waals surface area contributed by atoms with Crippen LogP contribution in [0.25, 0.3) is 0 Å². The molecule has 1 N–H and O–H groups in total. The summed E-state index contributed by atoms with van der Waals surface area (Å²) in [6.45, 7) is 1.20. The summed E-state index contributed by atoms with van der Waals surface area (Å²) in [5, 5.41) is 3.13. The topological polar surface area (TPSA) is 49.4 Å². The standard InChI is InChI=1S/C16H15F3N2O2S.ClH/c17-16(18,19)13-5-7-14(8-6-13)24(22,23)21-10-9-20-11-12-3-1-2-4-15(12)21;/h1-8,20H,9-11H2;1H. The molecule has 3 rings (SSSR count). The number of nitrogens with one attached hydrogen (secondary N) is 1. The minimum Gasteiger partial charge on any atom is -0.311 e. The zero-order valence-corrected chi connectivity index (χ0v) is 14.6. The van der Waals surface area contributed by atoms with Crippen molar-refractivity contribution in [3.8, 4) is 0 Å². The first-order valence-corrected chi connectivity index (χ1v) is 8.73. The molecule has 0 radical (unpaired) electrons. The first-order chi connectivity index (χ1) is 11.3. The van der Waals surface area contributed by atoms with Crippen molar-refractivity contribution >= 4 is 28.1 Å². The fourth-order valence-corrected chi connectivity index (χ4v) is 4.12. The normalized spacial score (nSPS) is 15.1. The maximum atomic E-state index is 12.9. The Kier molecular flexibility index (Phi) is 5.65. The average molecular weight is 393 g/mol. The number of hydrogen-bond donors (Lipinski definition) is 1. The van der Waals surface area contributed by atoms with Gasteiger partial charge in [-0.15, -0.1) is 12.4 Å². The molecular formula is C16H16ClF3N2O2S. The third-order valence-electron chi connectivity index (χ3n) is 3.84. The van der Waals surface area contributed by atoms with Crippen LogP contribution in [-0.2, 0) is 22.7 Å². The molecule has 0 amide bonds. The Morgan fingerprint density at radius 2 is 1.64 bits per heavy atom. The van der Waals surface area contributed by atoms with Crippen molar-refractivity contribution in [3.05, 3.63) is 59.7 Å². The third-order valence-corrected chi connectivity index (χ3v) is 5.66. The Morgan fingerprint density at radius 1 is 1.00 bits per heavy atom. The highest BCUT2D eigenvalue weighted by atomic mass is 35.5. The predicted octanol–water partition coefficient (Wildman–Crippen LogP) is 3.43. The van der Waals surface area contributed by atoms with E-state index >= 15 is 0 Å². The molecule has 4 nitrogen and oxygen atoms in total. The molecule has 9 heteroatoms. The van der Waals surface area contributed by atoms with Gasteiger partial charge in [-0.05, 0) is 35.9 Å². The average Bonchev–Trinajstić information content (AvgIpc) is 2.77. The van der Waals surface area contributed by atoms with Crippen molar-refractivity contribution in [2.45, 2.75) is 17.6 Å². The van der Waals surface area contributed by atoms with E-state index in [9.17, 15) is 21.6 Å². The lowest BCUT2D eigenvalue weighted by atomic mass is 10.2. The van der Waals surface area contributed by atoms with E-state index in [0.717, 1.165) is 29.8 Å². The summed E-state index contributed by atoms with van der Waals surface area (Å²) in [6, 6.07) is 10.6. The van der Waals surface area contributed by atoms with Gasteiger partial charge in [-0.3, -0.25) is 4.31 Å². The fraction of sp³-hybridized carbons (Fsp3) is 0.250. The maximum absolute atomic E-state index is 12.9. The number of sulfonamides is 1. The van der Waals surface area contributed by atoms with Gasteiger partial charge in [-0.1, -0.05) is 18.2 Å². The molecule has 0 spiro atoms. The van der Waals surface area contributed by atoms with Crippen molar-refractivity contribution in [1.82, 2.24) is 5.32 Å². The lowest BCUT2D eigenvalue weighted by Gasteiger charge is -2.24. The molecule has 2 aromatic carbocycles. The Bertz CT molecular complexity index is 839. The zero-order chi connectivity index (χ0) is 17.4. The Labute approximate surface area is 150 Å². The molecule has 0 saturated carbocycles. The molecule has 2 aromatic rings. The highest BCUT2D eigenvalue weighted by molar-refractivity contribution is 7.92. The SMILES string of the molecule is Cl.O=S(=O)(c1ccc(C(F)(F)F)cc1)N1CCNCc2ccccc21. The van der Waals surface area contributed by atoms with Crippen molar-refractivity contribution in [1.29, 1.82) is 0 Å². The van der Waals surface area contributed by atoms with Gasteiger partial charge in [0, 0.05) is 19.6 Å². The van der Waals surface area contributed by atoms with Gasteiger partial charge < -0.3 is 5.32 Å². The van der Waals surface area contributed by atoms with Gasteiger partial charge in [0.1, 0.15) is 0 Å². The minimum atomic E-state index is -4.50. The summed E-state index contributed by atoms with van der Waals surface area (Å²) < 4.78 is 65.0. The van der Waals surface area contributed by atoms with Crippen molar-refractivity contribution < 1.29 is 21.6 Å². The van der Waals surface area contributed by atoms with Gasteiger partial charge in [-0.2, -0.15) is 13.2 Å². The molecule has 0 aromatic heterocycles. The van der Waals surface area contributed by atoms with Crippen LogP contribution in [0.5, 0.6) is 0 Å². The van der Waals surface area contributed by atoms with Gasteiger partial charge in [0.15, 0.2) is 0 Å². The molecule has 0 fully saturated rings. The van der Waals surface area contributed by atoms with Gasteiger partial charge in [0.2, 0.25) is 0 Å². The van der Waals surface area contributed by atoms with Crippen molar-refractivity contribution in [3.63, 3.8) is 0 Å². The monoisotopic (exact) mass is 392 g/mol. The first-order valence-electron chi connectivity index (χ1n) is 7.29. The number of hydrogen-bond acceptors (Lipinski definition) is 3. The fourth-order valence-electron chi connectivity index (χ4n) is 2.62. The Hall–Kier alpha value is -1.77. The molecule has 1 heterocycles. The molecule has 136 valence electrons. The predicted molar refractivity (Wildman–Crippen MR) is 91.4 cm³/mol. The molecular weight excluding hydrogens is 377 g/mol. The maximum Gasteiger partial charge on any atom is 0.416 e. The molecule has 0 saturated heterocycles. The van der Waals surface area contributed by atoms with Crippen LogP contribution in [0.3, 0.4) is 0 Å². The van der Waals surface area contributed by atoms with E-state index in [1.807, 2.05) is 12.1 Å². The summed E-state index contributed by atoms with van der Waals surface area (Å²) in [5.74, 6) is 0. The van der Waals surface area contributed by atoms with Crippen LogP contribution < -0.4 is 9.62 Å². The van der Waals surface area contributed by atoms with Crippen LogP contribution in [0.15, 0.2) is 53.4 Å². The number of fused-ring (bicyclic) bond motifs is 1. The van der Waals surface area contributed by atoms with Gasteiger partial charge in [0.25, 0.3) is 10.0 Å². The van der Waals surface area contributed by atoms with Crippen LogP contribution in [0.4, 0.5) is 18.9 Å². The Morgan fingerprint density at radius 3 is 2.28 bits per heavy atom. The largest absolute Gasteiger partial charge is 0.416 e. The van der Waals surface area contributed by atoms with Crippen LogP contribution >= 0.6 is 12.4 Å². The first kappa shape index (κ1) is 19.6. The van der Waals surface area contributed by atoms with Gasteiger partial charge >= 0.3 is 6.18 Å². The number of rotatable bonds is 2. The summed E-state index contributed by atoms with van der Waals surface area (Å²) in [6.07, 6.45) is -4.50. The van der Waals surface area contributed by atoms with E-state index in [0.29, 0.717) is 18.8 Å². The number of nitrogens with zero attached hydrogens (tertiary/aromatic N) is 1. The summed E-state index contributed by atoms with van der Waals surface area (Å²) in [4.78, 5) is -0.160. The van der Waals surface area contributed by atoms with E-state index in [1.54, 1.807) is 12.1 Å². The van der Waals surface area contributed by atoms with Crippen LogP contribution in [0, 0.1) is 0 Å². The number of alkyl halides is 3. The Balaban J connectivity index is 0.00000225. The second-order valence-corrected chi connectivity index (χ2v) is 7.27. The highest BCUT2D eigenvalue weighted by Gasteiger charge is 2.32.